The summed E-state index contributed by atoms with van der Waals surface area (Å²) in [6, 6.07) is 0. The lowest BCUT2D eigenvalue weighted by atomic mass is 10.2. The van der Waals surface area contributed by atoms with E-state index in [2.05, 4.69) is 39.9 Å². The molecule has 0 N–H and O–H groups in total. The number of allylic oxidation sites excluding steroid dienone is 2. The van der Waals surface area contributed by atoms with Gasteiger partial charge in [-0.25, -0.2) is 4.79 Å². The molecule has 0 aliphatic heterocycles. The SMILES string of the molecule is CCOC(=O)/C=C/C(C)=C/CCO[Si](C)(C)C(C)(C)C. The smallest absolute Gasteiger partial charge is 0.330 e. The molecule has 0 spiro atoms. The maximum absolute atomic E-state index is 11.2. The fourth-order valence-corrected chi connectivity index (χ4v) is 2.34. The first-order valence-corrected chi connectivity index (χ1v) is 10.2. The molecule has 3 nitrogen and oxygen atoms in total. The summed E-state index contributed by atoms with van der Waals surface area (Å²) in [4.78, 5) is 11.2. The van der Waals surface area contributed by atoms with Crippen molar-refractivity contribution in [1.82, 2.24) is 0 Å². The molecule has 0 rings (SSSR count). The van der Waals surface area contributed by atoms with E-state index < -0.39 is 8.32 Å². The van der Waals surface area contributed by atoms with Gasteiger partial charge in [-0.05, 0) is 38.4 Å². The van der Waals surface area contributed by atoms with E-state index in [1.165, 1.54) is 6.08 Å². The van der Waals surface area contributed by atoms with E-state index in [1.54, 1.807) is 13.0 Å². The minimum atomic E-state index is -1.65. The maximum Gasteiger partial charge on any atom is 0.330 e. The molecule has 0 aliphatic carbocycles. The predicted molar refractivity (Wildman–Crippen MR) is 87.3 cm³/mol. The van der Waals surface area contributed by atoms with Crippen molar-refractivity contribution in [3.8, 4) is 0 Å². The molecule has 0 aliphatic rings. The Kier molecular flexibility index (Phi) is 8.05. The maximum atomic E-state index is 11.2. The highest BCUT2D eigenvalue weighted by Crippen LogP contribution is 2.36. The van der Waals surface area contributed by atoms with Gasteiger partial charge in [-0.2, -0.15) is 0 Å². The van der Waals surface area contributed by atoms with Crippen LogP contribution in [0.1, 0.15) is 41.0 Å². The first kappa shape index (κ1) is 19.1. The van der Waals surface area contributed by atoms with Gasteiger partial charge in [-0.1, -0.05) is 38.5 Å². The van der Waals surface area contributed by atoms with Crippen LogP contribution in [0.2, 0.25) is 18.1 Å². The monoisotopic (exact) mass is 298 g/mol. The van der Waals surface area contributed by atoms with Gasteiger partial charge in [0.05, 0.1) is 6.61 Å². The Balaban J connectivity index is 4.16. The molecule has 0 fully saturated rings. The van der Waals surface area contributed by atoms with Crippen molar-refractivity contribution < 1.29 is 14.0 Å². The summed E-state index contributed by atoms with van der Waals surface area (Å²) >= 11 is 0. The van der Waals surface area contributed by atoms with Gasteiger partial charge in [-0.15, -0.1) is 0 Å². The number of carbonyl (C=O) groups is 1. The summed E-state index contributed by atoms with van der Waals surface area (Å²) in [5.74, 6) is -0.294. The van der Waals surface area contributed by atoms with Crippen LogP contribution in [0.3, 0.4) is 0 Å². The number of hydrogen-bond donors (Lipinski definition) is 0. The van der Waals surface area contributed by atoms with Gasteiger partial charge in [0.1, 0.15) is 0 Å². The average molecular weight is 298 g/mol. The number of esters is 1. The first-order chi connectivity index (χ1) is 9.10. The fraction of sp³-hybridized carbons (Fsp3) is 0.688. The molecule has 0 saturated heterocycles. The highest BCUT2D eigenvalue weighted by molar-refractivity contribution is 6.74. The second-order valence-electron chi connectivity index (χ2n) is 6.43. The molecule has 20 heavy (non-hydrogen) atoms. The van der Waals surface area contributed by atoms with Crippen LogP contribution < -0.4 is 0 Å². The van der Waals surface area contributed by atoms with Crippen molar-refractivity contribution in [2.75, 3.05) is 13.2 Å². The average Bonchev–Trinajstić information content (AvgIpc) is 2.31. The molecule has 0 saturated carbocycles. The van der Waals surface area contributed by atoms with Gasteiger partial charge in [0.15, 0.2) is 8.32 Å². The largest absolute Gasteiger partial charge is 0.463 e. The van der Waals surface area contributed by atoms with E-state index in [4.69, 9.17) is 9.16 Å². The van der Waals surface area contributed by atoms with Crippen molar-refractivity contribution in [2.24, 2.45) is 0 Å². The molecule has 0 aromatic carbocycles. The van der Waals surface area contributed by atoms with Gasteiger partial charge in [0, 0.05) is 12.7 Å². The molecular weight excluding hydrogens is 268 g/mol. The van der Waals surface area contributed by atoms with Crippen LogP contribution in [0.15, 0.2) is 23.8 Å². The lowest BCUT2D eigenvalue weighted by Crippen LogP contribution is -2.40. The van der Waals surface area contributed by atoms with Crippen LogP contribution in [-0.2, 0) is 14.0 Å². The third-order valence-corrected chi connectivity index (χ3v) is 8.16. The van der Waals surface area contributed by atoms with E-state index in [0.717, 1.165) is 18.6 Å². The molecule has 0 heterocycles. The predicted octanol–water partition coefficient (Wildman–Crippen LogP) is 4.46. The molecule has 0 radical (unpaired) electrons. The zero-order chi connectivity index (χ0) is 15.8. The lowest BCUT2D eigenvalue weighted by molar-refractivity contribution is -0.137. The Bertz CT molecular complexity index is 362. The summed E-state index contributed by atoms with van der Waals surface area (Å²) < 4.78 is 10.9. The van der Waals surface area contributed by atoms with E-state index in [1.807, 2.05) is 6.92 Å². The summed E-state index contributed by atoms with van der Waals surface area (Å²) in [6.07, 6.45) is 6.20. The third kappa shape index (κ3) is 7.65. The molecule has 0 bridgehead atoms. The quantitative estimate of drug-likeness (QED) is 0.229. The number of rotatable bonds is 7. The third-order valence-electron chi connectivity index (χ3n) is 3.62. The molecule has 0 atom stereocenters. The first-order valence-electron chi connectivity index (χ1n) is 7.25. The minimum Gasteiger partial charge on any atom is -0.463 e. The van der Waals surface area contributed by atoms with Crippen molar-refractivity contribution in [3.05, 3.63) is 23.8 Å². The molecule has 4 heteroatoms. The number of carbonyl (C=O) groups excluding carboxylic acids is 1. The lowest BCUT2D eigenvalue weighted by Gasteiger charge is -2.36. The minimum absolute atomic E-state index is 0.246. The second kappa shape index (κ2) is 8.42. The molecule has 0 aromatic heterocycles. The normalized spacial score (nSPS) is 13.8. The second-order valence-corrected chi connectivity index (χ2v) is 11.2. The summed E-state index contributed by atoms with van der Waals surface area (Å²) in [5.41, 5.74) is 1.05. The van der Waals surface area contributed by atoms with Crippen LogP contribution in [0.4, 0.5) is 0 Å². The van der Waals surface area contributed by atoms with Gasteiger partial charge >= 0.3 is 5.97 Å². The van der Waals surface area contributed by atoms with E-state index >= 15 is 0 Å². The summed E-state index contributed by atoms with van der Waals surface area (Å²) in [5, 5.41) is 0.246. The Morgan fingerprint density at radius 1 is 1.20 bits per heavy atom. The van der Waals surface area contributed by atoms with Crippen molar-refractivity contribution in [2.45, 2.75) is 59.2 Å². The molecule has 116 valence electrons. The van der Waals surface area contributed by atoms with Crippen molar-refractivity contribution >= 4 is 14.3 Å². The van der Waals surface area contributed by atoms with E-state index in [0.29, 0.717) is 6.61 Å². The van der Waals surface area contributed by atoms with E-state index in [-0.39, 0.29) is 11.0 Å². The molecule has 0 amide bonds. The van der Waals surface area contributed by atoms with Crippen LogP contribution in [0.25, 0.3) is 0 Å². The summed E-state index contributed by atoms with van der Waals surface area (Å²) in [6.45, 7) is 16.1. The van der Waals surface area contributed by atoms with Gasteiger partial charge in [0.2, 0.25) is 0 Å². The zero-order valence-electron chi connectivity index (χ0n) is 14.1. The number of hydrogen-bond acceptors (Lipinski definition) is 3. The van der Waals surface area contributed by atoms with Crippen molar-refractivity contribution in [3.63, 3.8) is 0 Å². The fourth-order valence-electron chi connectivity index (χ4n) is 1.28. The van der Waals surface area contributed by atoms with Crippen molar-refractivity contribution in [1.29, 1.82) is 0 Å². The molecular formula is C16H30O3Si. The van der Waals surface area contributed by atoms with Crippen LogP contribution >= 0.6 is 0 Å². The summed E-state index contributed by atoms with van der Waals surface area (Å²) in [7, 11) is -1.65. The highest BCUT2D eigenvalue weighted by Gasteiger charge is 2.36. The Morgan fingerprint density at radius 3 is 2.30 bits per heavy atom. The van der Waals surface area contributed by atoms with Crippen LogP contribution in [0, 0.1) is 0 Å². The van der Waals surface area contributed by atoms with Crippen LogP contribution in [0.5, 0.6) is 0 Å². The van der Waals surface area contributed by atoms with Gasteiger partial charge in [0.25, 0.3) is 0 Å². The Labute approximate surface area is 125 Å². The Morgan fingerprint density at radius 2 is 1.80 bits per heavy atom. The van der Waals surface area contributed by atoms with Crippen LogP contribution in [-0.4, -0.2) is 27.5 Å². The molecule has 0 aromatic rings. The Hall–Kier alpha value is -0.873. The van der Waals surface area contributed by atoms with Gasteiger partial charge < -0.3 is 9.16 Å². The number of ether oxygens (including phenoxy) is 1. The topological polar surface area (TPSA) is 35.5 Å². The van der Waals surface area contributed by atoms with E-state index in [9.17, 15) is 4.79 Å². The molecule has 0 unspecified atom stereocenters. The standard InChI is InChI=1S/C16H30O3Si/c1-8-18-15(17)12-11-14(2)10-9-13-19-20(6,7)16(3,4)5/h10-12H,8-9,13H2,1-7H3/b12-11+,14-10+. The zero-order valence-corrected chi connectivity index (χ0v) is 15.1. The van der Waals surface area contributed by atoms with Gasteiger partial charge in [-0.3, -0.25) is 0 Å². The highest BCUT2D eigenvalue weighted by atomic mass is 28.4.